The van der Waals surface area contributed by atoms with Gasteiger partial charge in [0.15, 0.2) is 0 Å². The lowest BCUT2D eigenvalue weighted by Gasteiger charge is -2.19. The fourth-order valence-electron chi connectivity index (χ4n) is 2.83. The van der Waals surface area contributed by atoms with E-state index in [0.29, 0.717) is 11.3 Å². The highest BCUT2D eigenvalue weighted by Gasteiger charge is 2.17. The van der Waals surface area contributed by atoms with Crippen LogP contribution in [-0.4, -0.2) is 11.8 Å². The third kappa shape index (κ3) is 5.67. The number of amides is 2. The van der Waals surface area contributed by atoms with Crippen molar-refractivity contribution in [1.29, 1.82) is 0 Å². The van der Waals surface area contributed by atoms with Crippen LogP contribution in [-0.2, 0) is 10.2 Å². The monoisotopic (exact) mass is 418 g/mol. The molecule has 0 fully saturated rings. The van der Waals surface area contributed by atoms with Crippen LogP contribution in [0.2, 0.25) is 0 Å². The number of anilines is 1. The Morgan fingerprint density at radius 3 is 2.17 bits per heavy atom. The summed E-state index contributed by atoms with van der Waals surface area (Å²) in [5.41, 5.74) is 3.63. The zero-order valence-corrected chi connectivity index (χ0v) is 18.5. The molecule has 2 amide bonds. The fourth-order valence-corrected chi connectivity index (χ4v) is 3.48. The minimum atomic E-state index is -0.369. The predicted molar refractivity (Wildman–Crippen MR) is 125 cm³/mol. The molecule has 154 valence electrons. The van der Waals surface area contributed by atoms with E-state index in [1.54, 1.807) is 18.2 Å². The number of rotatable bonds is 5. The Kier molecular flexibility index (Phi) is 6.53. The molecule has 0 bridgehead atoms. The average molecular weight is 419 g/mol. The van der Waals surface area contributed by atoms with Gasteiger partial charge in [0, 0.05) is 16.1 Å². The molecular weight excluding hydrogens is 392 g/mol. The summed E-state index contributed by atoms with van der Waals surface area (Å²) < 4.78 is 0. The van der Waals surface area contributed by atoms with Crippen LogP contribution in [0.4, 0.5) is 5.69 Å². The maximum atomic E-state index is 12.9. The first-order valence-electron chi connectivity index (χ1n) is 9.77. The topological polar surface area (TPSA) is 58.2 Å². The van der Waals surface area contributed by atoms with Crippen molar-refractivity contribution in [2.75, 3.05) is 5.32 Å². The van der Waals surface area contributed by atoms with Crippen LogP contribution in [0.25, 0.3) is 6.08 Å². The third-order valence-electron chi connectivity index (χ3n) is 4.65. The van der Waals surface area contributed by atoms with Gasteiger partial charge in [-0.05, 0) is 59.7 Å². The first-order valence-corrected chi connectivity index (χ1v) is 10.7. The summed E-state index contributed by atoms with van der Waals surface area (Å²) in [5, 5.41) is 7.55. The van der Waals surface area contributed by atoms with Gasteiger partial charge in [-0.3, -0.25) is 9.59 Å². The van der Waals surface area contributed by atoms with E-state index < -0.39 is 0 Å². The molecule has 1 heterocycles. The van der Waals surface area contributed by atoms with Crippen molar-refractivity contribution in [2.24, 2.45) is 0 Å². The van der Waals surface area contributed by atoms with Crippen LogP contribution in [0, 0.1) is 6.92 Å². The van der Waals surface area contributed by atoms with Crippen molar-refractivity contribution < 1.29 is 9.59 Å². The molecule has 4 nitrogen and oxygen atoms in total. The van der Waals surface area contributed by atoms with Crippen LogP contribution < -0.4 is 10.6 Å². The molecule has 0 unspecified atom stereocenters. The van der Waals surface area contributed by atoms with Crippen molar-refractivity contribution in [1.82, 2.24) is 5.32 Å². The van der Waals surface area contributed by atoms with Gasteiger partial charge < -0.3 is 10.6 Å². The van der Waals surface area contributed by atoms with E-state index >= 15 is 0 Å². The number of hydrogen-bond acceptors (Lipinski definition) is 3. The standard InChI is InChI=1S/C25H26N2O2S/c1-17-7-13-20(14-8-17)26-24(29)22(16-21-6-5-15-30-21)27-23(28)18-9-11-19(12-10-18)25(2,3)4/h5-16H,1-4H3,(H,26,29)(H,27,28)/b22-16+. The zero-order valence-electron chi connectivity index (χ0n) is 17.7. The third-order valence-corrected chi connectivity index (χ3v) is 5.46. The van der Waals surface area contributed by atoms with Crippen molar-refractivity contribution in [3.8, 4) is 0 Å². The van der Waals surface area contributed by atoms with Gasteiger partial charge in [0.25, 0.3) is 11.8 Å². The number of carbonyl (C=O) groups excluding carboxylic acids is 2. The van der Waals surface area contributed by atoms with E-state index in [1.165, 1.54) is 11.3 Å². The Balaban J connectivity index is 1.81. The van der Waals surface area contributed by atoms with E-state index in [4.69, 9.17) is 0 Å². The molecule has 0 spiro atoms. The predicted octanol–water partition coefficient (Wildman–Crippen LogP) is 5.76. The molecule has 1 aromatic heterocycles. The summed E-state index contributed by atoms with van der Waals surface area (Å²) >= 11 is 1.50. The number of carbonyl (C=O) groups is 2. The Morgan fingerprint density at radius 2 is 1.60 bits per heavy atom. The number of aryl methyl sites for hydroxylation is 1. The molecule has 0 aliphatic heterocycles. The van der Waals surface area contributed by atoms with E-state index in [9.17, 15) is 9.59 Å². The second-order valence-electron chi connectivity index (χ2n) is 8.18. The molecule has 0 saturated heterocycles. The molecule has 2 aromatic carbocycles. The molecule has 3 aromatic rings. The van der Waals surface area contributed by atoms with Crippen LogP contribution in [0.5, 0.6) is 0 Å². The first-order chi connectivity index (χ1) is 14.2. The van der Waals surface area contributed by atoms with Gasteiger partial charge in [-0.2, -0.15) is 0 Å². The van der Waals surface area contributed by atoms with Gasteiger partial charge in [-0.25, -0.2) is 0 Å². The minimum Gasteiger partial charge on any atom is -0.321 e. The van der Waals surface area contributed by atoms with Gasteiger partial charge in [0.2, 0.25) is 0 Å². The van der Waals surface area contributed by atoms with Gasteiger partial charge in [-0.1, -0.05) is 56.7 Å². The molecule has 5 heteroatoms. The Hall–Kier alpha value is -3.18. The van der Waals surface area contributed by atoms with Crippen molar-refractivity contribution in [3.05, 3.63) is 93.3 Å². The maximum absolute atomic E-state index is 12.9. The molecule has 2 N–H and O–H groups in total. The molecule has 0 aliphatic carbocycles. The fraction of sp³-hybridized carbons (Fsp3) is 0.200. The highest BCUT2D eigenvalue weighted by Crippen LogP contribution is 2.22. The number of benzene rings is 2. The summed E-state index contributed by atoms with van der Waals surface area (Å²) in [6, 6.07) is 18.8. The Bertz CT molecular complexity index is 1040. The van der Waals surface area contributed by atoms with Crippen LogP contribution in [0.15, 0.2) is 71.7 Å². The summed E-state index contributed by atoms with van der Waals surface area (Å²) in [7, 11) is 0. The molecule has 0 aliphatic rings. The lowest BCUT2D eigenvalue weighted by molar-refractivity contribution is -0.113. The van der Waals surface area contributed by atoms with Crippen molar-refractivity contribution in [3.63, 3.8) is 0 Å². The summed E-state index contributed by atoms with van der Waals surface area (Å²) in [6.45, 7) is 8.36. The van der Waals surface area contributed by atoms with Crippen LogP contribution >= 0.6 is 11.3 Å². The number of nitrogens with one attached hydrogen (secondary N) is 2. The van der Waals surface area contributed by atoms with Gasteiger partial charge >= 0.3 is 0 Å². The average Bonchev–Trinajstić information content (AvgIpc) is 3.22. The highest BCUT2D eigenvalue weighted by atomic mass is 32.1. The minimum absolute atomic E-state index is 0.00711. The summed E-state index contributed by atoms with van der Waals surface area (Å²) in [5.74, 6) is -0.691. The molecule has 30 heavy (non-hydrogen) atoms. The Morgan fingerprint density at radius 1 is 0.933 bits per heavy atom. The lowest BCUT2D eigenvalue weighted by Crippen LogP contribution is -2.30. The molecule has 0 atom stereocenters. The smallest absolute Gasteiger partial charge is 0.272 e. The van der Waals surface area contributed by atoms with Gasteiger partial charge in [-0.15, -0.1) is 11.3 Å². The van der Waals surface area contributed by atoms with Gasteiger partial charge in [0.05, 0.1) is 0 Å². The SMILES string of the molecule is Cc1ccc(NC(=O)/C(=C\c2cccs2)NC(=O)c2ccc(C(C)(C)C)cc2)cc1. The van der Waals surface area contributed by atoms with Crippen molar-refractivity contribution >= 4 is 34.9 Å². The first kappa shape index (κ1) is 21.5. The lowest BCUT2D eigenvalue weighted by atomic mass is 9.87. The maximum Gasteiger partial charge on any atom is 0.272 e. The van der Waals surface area contributed by atoms with Gasteiger partial charge in [0.1, 0.15) is 5.70 Å². The summed E-state index contributed by atoms with van der Waals surface area (Å²) in [6.07, 6.45) is 1.69. The molecular formula is C25H26N2O2S. The zero-order chi connectivity index (χ0) is 21.7. The largest absolute Gasteiger partial charge is 0.321 e. The summed E-state index contributed by atoms with van der Waals surface area (Å²) in [4.78, 5) is 26.6. The Labute approximate surface area is 181 Å². The van der Waals surface area contributed by atoms with Crippen LogP contribution in [0.3, 0.4) is 0 Å². The molecule has 0 saturated carbocycles. The normalized spacial score (nSPS) is 11.8. The van der Waals surface area contributed by atoms with E-state index in [-0.39, 0.29) is 22.9 Å². The quantitative estimate of drug-likeness (QED) is 0.517. The number of hydrogen-bond donors (Lipinski definition) is 2. The van der Waals surface area contributed by atoms with Crippen LogP contribution in [0.1, 0.15) is 47.1 Å². The molecule has 3 rings (SSSR count). The second kappa shape index (κ2) is 9.09. The van der Waals surface area contributed by atoms with E-state index in [2.05, 4.69) is 31.4 Å². The second-order valence-corrected chi connectivity index (χ2v) is 9.15. The van der Waals surface area contributed by atoms with E-state index in [1.807, 2.05) is 60.8 Å². The number of thiophene rings is 1. The molecule has 0 radical (unpaired) electrons. The highest BCUT2D eigenvalue weighted by molar-refractivity contribution is 7.10. The van der Waals surface area contributed by atoms with E-state index in [0.717, 1.165) is 16.0 Å². The van der Waals surface area contributed by atoms with Crippen molar-refractivity contribution in [2.45, 2.75) is 33.1 Å².